The molecule has 3 heteroatoms. The summed E-state index contributed by atoms with van der Waals surface area (Å²) in [4.78, 5) is 0. The Labute approximate surface area is 122 Å². The van der Waals surface area contributed by atoms with E-state index in [1.807, 2.05) is 0 Å². The molecule has 4 bridgehead atoms. The zero-order valence-corrected chi connectivity index (χ0v) is 12.9. The van der Waals surface area contributed by atoms with Gasteiger partial charge in [-0.25, -0.2) is 0 Å². The predicted molar refractivity (Wildman–Crippen MR) is 79.5 cm³/mol. The first-order valence-corrected chi connectivity index (χ1v) is 8.59. The van der Waals surface area contributed by atoms with Crippen molar-refractivity contribution in [2.45, 2.75) is 70.1 Å². The van der Waals surface area contributed by atoms with Crippen LogP contribution in [0.2, 0.25) is 0 Å². The summed E-state index contributed by atoms with van der Waals surface area (Å²) < 4.78 is 2.35. The van der Waals surface area contributed by atoms with Gasteiger partial charge < -0.3 is 4.57 Å². The molecule has 0 amide bonds. The molecule has 0 radical (unpaired) electrons. The largest absolute Gasteiger partial charge is 0.318 e. The van der Waals surface area contributed by atoms with Crippen LogP contribution in [-0.4, -0.2) is 14.8 Å². The fourth-order valence-corrected chi connectivity index (χ4v) is 5.76. The summed E-state index contributed by atoms with van der Waals surface area (Å²) in [5, 5.41) is 9.19. The van der Waals surface area contributed by atoms with E-state index in [4.69, 9.17) is 0 Å². The van der Waals surface area contributed by atoms with Crippen molar-refractivity contribution in [1.29, 1.82) is 0 Å². The second-order valence-corrected chi connectivity index (χ2v) is 7.80. The molecule has 3 nitrogen and oxygen atoms in total. The minimum atomic E-state index is 0.390. The number of aryl methyl sites for hydroxylation is 1. The summed E-state index contributed by atoms with van der Waals surface area (Å²) in [6.45, 7) is 2.25. The molecule has 1 aromatic rings. The van der Waals surface area contributed by atoms with Crippen molar-refractivity contribution in [3.63, 3.8) is 0 Å². The van der Waals surface area contributed by atoms with Gasteiger partial charge >= 0.3 is 0 Å². The van der Waals surface area contributed by atoms with Gasteiger partial charge in [-0.3, -0.25) is 0 Å². The lowest BCUT2D eigenvalue weighted by atomic mass is 9.49. The van der Waals surface area contributed by atoms with E-state index in [2.05, 4.69) is 28.7 Å². The molecule has 0 N–H and O–H groups in total. The molecule has 110 valence electrons. The molecule has 0 aliphatic heterocycles. The number of nitrogens with zero attached hydrogens (tertiary/aromatic N) is 3. The number of hydrogen-bond acceptors (Lipinski definition) is 2. The van der Waals surface area contributed by atoms with Crippen LogP contribution in [-0.2, 0) is 18.9 Å². The average molecular weight is 273 g/mol. The molecule has 4 aliphatic rings. The number of unbranched alkanes of at least 4 members (excludes halogenated alkanes) is 1. The number of hydrogen-bond donors (Lipinski definition) is 0. The van der Waals surface area contributed by atoms with Crippen LogP contribution in [0.1, 0.15) is 69.9 Å². The average Bonchev–Trinajstić information content (AvgIpc) is 2.77. The minimum absolute atomic E-state index is 0.390. The first kappa shape index (κ1) is 12.8. The van der Waals surface area contributed by atoms with E-state index in [1.165, 1.54) is 63.0 Å². The summed E-state index contributed by atoms with van der Waals surface area (Å²) in [6.07, 6.45) is 12.2. The molecule has 0 aromatic carbocycles. The van der Waals surface area contributed by atoms with E-state index in [1.54, 1.807) is 0 Å². The summed E-state index contributed by atoms with van der Waals surface area (Å²) in [5.41, 5.74) is 0.390. The van der Waals surface area contributed by atoms with Crippen molar-refractivity contribution in [2.24, 2.45) is 24.8 Å². The van der Waals surface area contributed by atoms with Gasteiger partial charge in [0.2, 0.25) is 0 Å². The third kappa shape index (κ3) is 1.85. The summed E-state index contributed by atoms with van der Waals surface area (Å²) >= 11 is 0. The van der Waals surface area contributed by atoms with E-state index < -0.39 is 0 Å². The van der Waals surface area contributed by atoms with Gasteiger partial charge in [-0.15, -0.1) is 10.2 Å². The molecular formula is C17H27N3. The van der Waals surface area contributed by atoms with Gasteiger partial charge in [0.05, 0.1) is 0 Å². The maximum atomic E-state index is 4.67. The van der Waals surface area contributed by atoms with Gasteiger partial charge in [-0.05, 0) is 62.7 Å². The second-order valence-electron chi connectivity index (χ2n) is 7.80. The van der Waals surface area contributed by atoms with Crippen molar-refractivity contribution in [3.8, 4) is 0 Å². The SMILES string of the molecule is CCCCc1nnc(C23CC4CC(CC(C4)C2)C3)n1C. The Kier molecular flexibility index (Phi) is 2.94. The Balaban J connectivity index is 1.65. The van der Waals surface area contributed by atoms with Gasteiger partial charge in [0.25, 0.3) is 0 Å². The van der Waals surface area contributed by atoms with E-state index >= 15 is 0 Å². The van der Waals surface area contributed by atoms with E-state index in [0.29, 0.717) is 5.41 Å². The zero-order valence-electron chi connectivity index (χ0n) is 12.9. The Hall–Kier alpha value is -0.860. The topological polar surface area (TPSA) is 30.7 Å². The Morgan fingerprint density at radius 1 is 1.05 bits per heavy atom. The smallest absolute Gasteiger partial charge is 0.139 e. The number of rotatable bonds is 4. The van der Waals surface area contributed by atoms with Gasteiger partial charge in [0, 0.05) is 18.9 Å². The lowest BCUT2D eigenvalue weighted by Gasteiger charge is -2.56. The molecule has 0 saturated heterocycles. The Bertz CT molecular complexity index is 467. The van der Waals surface area contributed by atoms with Crippen molar-refractivity contribution in [3.05, 3.63) is 11.6 Å². The van der Waals surface area contributed by atoms with Gasteiger partial charge in [-0.1, -0.05) is 13.3 Å². The second kappa shape index (κ2) is 4.57. The Morgan fingerprint density at radius 2 is 1.65 bits per heavy atom. The van der Waals surface area contributed by atoms with Crippen LogP contribution in [0.25, 0.3) is 0 Å². The predicted octanol–water partition coefficient (Wildman–Crippen LogP) is 3.63. The van der Waals surface area contributed by atoms with Crippen LogP contribution >= 0.6 is 0 Å². The lowest BCUT2D eigenvalue weighted by Crippen LogP contribution is -2.49. The van der Waals surface area contributed by atoms with Crippen LogP contribution in [0.5, 0.6) is 0 Å². The summed E-state index contributed by atoms with van der Waals surface area (Å²) in [6, 6.07) is 0. The van der Waals surface area contributed by atoms with Gasteiger partial charge in [-0.2, -0.15) is 0 Å². The molecule has 4 fully saturated rings. The van der Waals surface area contributed by atoms with Crippen LogP contribution in [0.15, 0.2) is 0 Å². The first-order valence-electron chi connectivity index (χ1n) is 8.59. The lowest BCUT2D eigenvalue weighted by molar-refractivity contribution is -0.0108. The van der Waals surface area contributed by atoms with E-state index in [0.717, 1.165) is 24.2 Å². The number of aromatic nitrogens is 3. The van der Waals surface area contributed by atoms with Crippen molar-refractivity contribution < 1.29 is 0 Å². The van der Waals surface area contributed by atoms with Crippen LogP contribution < -0.4 is 0 Å². The maximum absolute atomic E-state index is 4.67. The highest BCUT2D eigenvalue weighted by molar-refractivity contribution is 5.18. The summed E-state index contributed by atoms with van der Waals surface area (Å²) in [7, 11) is 2.21. The highest BCUT2D eigenvalue weighted by Crippen LogP contribution is 2.60. The molecule has 4 aliphatic carbocycles. The highest BCUT2D eigenvalue weighted by Gasteiger charge is 2.53. The Morgan fingerprint density at radius 3 is 2.20 bits per heavy atom. The standard InChI is InChI=1S/C17H27N3/c1-3-4-5-15-18-19-16(20(15)2)17-9-12-6-13(10-17)8-14(7-12)11-17/h12-14H,3-11H2,1-2H3. The molecule has 1 heterocycles. The van der Waals surface area contributed by atoms with Crippen LogP contribution in [0.4, 0.5) is 0 Å². The van der Waals surface area contributed by atoms with Gasteiger partial charge in [0.1, 0.15) is 11.6 Å². The summed E-state index contributed by atoms with van der Waals surface area (Å²) in [5.74, 6) is 5.48. The zero-order chi connectivity index (χ0) is 13.7. The van der Waals surface area contributed by atoms with E-state index in [9.17, 15) is 0 Å². The fraction of sp³-hybridized carbons (Fsp3) is 0.882. The molecule has 0 spiro atoms. The molecule has 0 unspecified atom stereocenters. The van der Waals surface area contributed by atoms with Crippen molar-refractivity contribution in [1.82, 2.24) is 14.8 Å². The monoisotopic (exact) mass is 273 g/mol. The molecule has 20 heavy (non-hydrogen) atoms. The molecular weight excluding hydrogens is 246 g/mol. The third-order valence-electron chi connectivity index (χ3n) is 6.23. The fourth-order valence-electron chi connectivity index (χ4n) is 5.76. The van der Waals surface area contributed by atoms with Gasteiger partial charge in [0.15, 0.2) is 0 Å². The van der Waals surface area contributed by atoms with Crippen LogP contribution in [0, 0.1) is 17.8 Å². The van der Waals surface area contributed by atoms with Crippen LogP contribution in [0.3, 0.4) is 0 Å². The maximum Gasteiger partial charge on any atom is 0.139 e. The third-order valence-corrected chi connectivity index (χ3v) is 6.23. The van der Waals surface area contributed by atoms with Crippen molar-refractivity contribution in [2.75, 3.05) is 0 Å². The molecule has 1 aromatic heterocycles. The normalized spacial score (nSPS) is 38.6. The molecule has 4 saturated carbocycles. The van der Waals surface area contributed by atoms with Crippen molar-refractivity contribution >= 4 is 0 Å². The first-order chi connectivity index (χ1) is 9.70. The quantitative estimate of drug-likeness (QED) is 0.838. The molecule has 5 rings (SSSR count). The molecule has 0 atom stereocenters. The highest BCUT2D eigenvalue weighted by atomic mass is 15.3. The van der Waals surface area contributed by atoms with E-state index in [-0.39, 0.29) is 0 Å². The minimum Gasteiger partial charge on any atom is -0.318 e.